The Morgan fingerprint density at radius 3 is 2.74 bits per heavy atom. The Bertz CT molecular complexity index is 569. The number of aromatic nitrogens is 3. The second-order valence-electron chi connectivity index (χ2n) is 5.15. The van der Waals surface area contributed by atoms with E-state index >= 15 is 0 Å². The Morgan fingerprint density at radius 1 is 1.32 bits per heavy atom. The summed E-state index contributed by atoms with van der Waals surface area (Å²) in [7, 11) is 0. The van der Waals surface area contributed by atoms with Crippen molar-refractivity contribution in [3.63, 3.8) is 0 Å². The number of benzene rings is 1. The van der Waals surface area contributed by atoms with Gasteiger partial charge in [0.25, 0.3) is 0 Å². The van der Waals surface area contributed by atoms with Gasteiger partial charge in [-0.1, -0.05) is 36.8 Å². The van der Waals surface area contributed by atoms with Crippen molar-refractivity contribution in [1.82, 2.24) is 15.0 Å². The minimum atomic E-state index is 0.472. The lowest BCUT2D eigenvalue weighted by molar-refractivity contribution is 0.400. The van der Waals surface area contributed by atoms with E-state index in [0.29, 0.717) is 12.5 Å². The van der Waals surface area contributed by atoms with Crippen LogP contribution in [0.15, 0.2) is 24.3 Å². The van der Waals surface area contributed by atoms with Crippen molar-refractivity contribution in [3.05, 3.63) is 41.2 Å². The van der Waals surface area contributed by atoms with Gasteiger partial charge in [-0.05, 0) is 30.9 Å². The fourth-order valence-electron chi connectivity index (χ4n) is 2.75. The maximum atomic E-state index is 5.81. The molecule has 0 radical (unpaired) electrons. The van der Waals surface area contributed by atoms with E-state index in [1.165, 1.54) is 30.5 Å². The van der Waals surface area contributed by atoms with E-state index in [9.17, 15) is 0 Å². The quantitative estimate of drug-likeness (QED) is 0.914. The molecule has 1 aromatic carbocycles. The van der Waals surface area contributed by atoms with Gasteiger partial charge in [-0.15, -0.1) is 5.10 Å². The highest BCUT2D eigenvalue weighted by atomic mass is 15.4. The molecule has 0 amide bonds. The maximum Gasteiger partial charge on any atom is 0.100 e. The molecule has 1 aliphatic carbocycles. The number of nitrogens with zero attached hydrogens (tertiary/aromatic N) is 3. The van der Waals surface area contributed by atoms with Crippen LogP contribution in [0.4, 0.5) is 0 Å². The molecule has 1 aromatic heterocycles. The maximum absolute atomic E-state index is 5.81. The molecule has 1 fully saturated rings. The third kappa shape index (κ3) is 2.06. The normalized spacial score (nSPS) is 15.5. The zero-order valence-corrected chi connectivity index (χ0v) is 11.3. The molecule has 0 unspecified atom stereocenters. The summed E-state index contributed by atoms with van der Waals surface area (Å²) in [6.07, 6.45) is 4.76. The molecule has 0 aliphatic heterocycles. The van der Waals surface area contributed by atoms with Crippen LogP contribution in [0.2, 0.25) is 0 Å². The van der Waals surface area contributed by atoms with Crippen molar-refractivity contribution in [2.45, 2.75) is 45.1 Å². The van der Waals surface area contributed by atoms with Crippen LogP contribution in [0, 0.1) is 0 Å². The summed E-state index contributed by atoms with van der Waals surface area (Å²) in [6.45, 7) is 2.64. The molecule has 4 nitrogen and oxygen atoms in total. The Morgan fingerprint density at radius 2 is 2.11 bits per heavy atom. The molecule has 19 heavy (non-hydrogen) atoms. The van der Waals surface area contributed by atoms with Crippen LogP contribution >= 0.6 is 0 Å². The van der Waals surface area contributed by atoms with Crippen LogP contribution in [-0.2, 0) is 13.0 Å². The van der Waals surface area contributed by atoms with Crippen molar-refractivity contribution in [2.75, 3.05) is 0 Å². The average molecular weight is 256 g/mol. The van der Waals surface area contributed by atoms with Gasteiger partial charge in [0, 0.05) is 12.5 Å². The second kappa shape index (κ2) is 5.13. The van der Waals surface area contributed by atoms with Crippen molar-refractivity contribution in [3.8, 4) is 5.69 Å². The summed E-state index contributed by atoms with van der Waals surface area (Å²) in [5.74, 6) is 0.582. The lowest BCUT2D eigenvalue weighted by atomic mass is 9.82. The Labute approximate surface area is 113 Å². The Balaban J connectivity index is 2.11. The largest absolute Gasteiger partial charge is 0.325 e. The van der Waals surface area contributed by atoms with Crippen molar-refractivity contribution >= 4 is 0 Å². The number of aryl methyl sites for hydroxylation is 1. The Kier molecular flexibility index (Phi) is 3.34. The fourth-order valence-corrected chi connectivity index (χ4v) is 2.75. The van der Waals surface area contributed by atoms with Gasteiger partial charge in [0.1, 0.15) is 5.69 Å². The zero-order chi connectivity index (χ0) is 13.2. The Hall–Kier alpha value is -1.68. The van der Waals surface area contributed by atoms with Crippen LogP contribution in [0.25, 0.3) is 5.69 Å². The first-order chi connectivity index (χ1) is 9.35. The van der Waals surface area contributed by atoms with E-state index in [4.69, 9.17) is 5.73 Å². The molecular weight excluding hydrogens is 236 g/mol. The molecule has 100 valence electrons. The van der Waals surface area contributed by atoms with Gasteiger partial charge < -0.3 is 5.73 Å². The molecule has 0 atom stereocenters. The first-order valence-electron chi connectivity index (χ1n) is 7.08. The van der Waals surface area contributed by atoms with Crippen LogP contribution in [0.3, 0.4) is 0 Å². The van der Waals surface area contributed by atoms with E-state index in [-0.39, 0.29) is 0 Å². The van der Waals surface area contributed by atoms with Gasteiger partial charge in [-0.3, -0.25) is 0 Å². The number of para-hydroxylation sites is 1. The molecular formula is C15H20N4. The highest BCUT2D eigenvalue weighted by molar-refractivity contribution is 5.42. The molecule has 3 rings (SSSR count). The average Bonchev–Trinajstić information content (AvgIpc) is 2.80. The van der Waals surface area contributed by atoms with Gasteiger partial charge in [0.15, 0.2) is 0 Å². The van der Waals surface area contributed by atoms with E-state index in [1.54, 1.807) is 0 Å². The highest BCUT2D eigenvalue weighted by Gasteiger charge is 2.28. The minimum Gasteiger partial charge on any atom is -0.325 e. The predicted molar refractivity (Wildman–Crippen MR) is 75.2 cm³/mol. The van der Waals surface area contributed by atoms with E-state index in [0.717, 1.165) is 17.8 Å². The van der Waals surface area contributed by atoms with E-state index < -0.39 is 0 Å². The van der Waals surface area contributed by atoms with Crippen LogP contribution in [-0.4, -0.2) is 15.0 Å². The lowest BCUT2D eigenvalue weighted by Gasteiger charge is -2.27. The summed E-state index contributed by atoms with van der Waals surface area (Å²) in [5.41, 5.74) is 10.5. The monoisotopic (exact) mass is 256 g/mol. The standard InChI is InChI=1S/C15H20N4/c1-2-11-6-3-4-9-14(11)19-15(12-7-5-8-12)13(10-16)17-18-19/h3-4,6,9,12H,2,5,7-8,10,16H2,1H3. The van der Waals surface area contributed by atoms with Crippen molar-refractivity contribution in [2.24, 2.45) is 5.73 Å². The molecule has 1 aliphatic rings. The lowest BCUT2D eigenvalue weighted by Crippen LogP contribution is -2.17. The first kappa shape index (κ1) is 12.4. The third-order valence-electron chi connectivity index (χ3n) is 4.06. The summed E-state index contributed by atoms with van der Waals surface area (Å²) >= 11 is 0. The first-order valence-corrected chi connectivity index (χ1v) is 7.08. The van der Waals surface area contributed by atoms with Crippen LogP contribution in [0.1, 0.15) is 49.1 Å². The van der Waals surface area contributed by atoms with Crippen molar-refractivity contribution < 1.29 is 0 Å². The van der Waals surface area contributed by atoms with E-state index in [1.807, 2.05) is 4.68 Å². The van der Waals surface area contributed by atoms with Crippen LogP contribution in [0.5, 0.6) is 0 Å². The number of nitrogens with two attached hydrogens (primary N) is 1. The molecule has 0 spiro atoms. The molecule has 0 bridgehead atoms. The predicted octanol–water partition coefficient (Wildman–Crippen LogP) is 2.56. The molecule has 2 N–H and O–H groups in total. The van der Waals surface area contributed by atoms with Gasteiger partial charge in [0.2, 0.25) is 0 Å². The molecule has 0 saturated heterocycles. The third-order valence-corrected chi connectivity index (χ3v) is 4.06. The van der Waals surface area contributed by atoms with Gasteiger partial charge in [0.05, 0.1) is 11.4 Å². The van der Waals surface area contributed by atoms with Crippen molar-refractivity contribution in [1.29, 1.82) is 0 Å². The SMILES string of the molecule is CCc1ccccc1-n1nnc(CN)c1C1CCC1. The summed E-state index contributed by atoms with van der Waals surface area (Å²) in [4.78, 5) is 0. The molecule has 2 aromatic rings. The molecule has 1 saturated carbocycles. The smallest absolute Gasteiger partial charge is 0.100 e. The summed E-state index contributed by atoms with van der Waals surface area (Å²) < 4.78 is 2.02. The topological polar surface area (TPSA) is 56.7 Å². The fraction of sp³-hybridized carbons (Fsp3) is 0.467. The highest BCUT2D eigenvalue weighted by Crippen LogP contribution is 2.38. The number of rotatable bonds is 4. The number of hydrogen-bond acceptors (Lipinski definition) is 3. The van der Waals surface area contributed by atoms with E-state index in [2.05, 4.69) is 41.5 Å². The van der Waals surface area contributed by atoms with Gasteiger partial charge in [-0.2, -0.15) is 0 Å². The minimum absolute atomic E-state index is 0.472. The number of hydrogen-bond donors (Lipinski definition) is 1. The molecule has 4 heteroatoms. The molecule has 1 heterocycles. The summed E-state index contributed by atoms with van der Waals surface area (Å²) in [5, 5.41) is 8.63. The van der Waals surface area contributed by atoms with Crippen LogP contribution < -0.4 is 5.73 Å². The zero-order valence-electron chi connectivity index (χ0n) is 11.3. The van der Waals surface area contributed by atoms with Gasteiger partial charge in [-0.25, -0.2) is 4.68 Å². The van der Waals surface area contributed by atoms with Gasteiger partial charge >= 0.3 is 0 Å². The summed E-state index contributed by atoms with van der Waals surface area (Å²) in [6, 6.07) is 8.41. The second-order valence-corrected chi connectivity index (χ2v) is 5.15.